The number of nitrogens with zero attached hydrogens (tertiary/aromatic N) is 4. The van der Waals surface area contributed by atoms with E-state index in [1.54, 1.807) is 24.4 Å². The molecule has 1 aliphatic rings. The fourth-order valence-electron chi connectivity index (χ4n) is 3.37. The summed E-state index contributed by atoms with van der Waals surface area (Å²) >= 11 is 0.702. The van der Waals surface area contributed by atoms with Gasteiger partial charge in [-0.15, -0.1) is 21.5 Å². The zero-order valence-corrected chi connectivity index (χ0v) is 16.3. The molecule has 0 aliphatic heterocycles. The molecule has 0 aromatic carbocycles. The van der Waals surface area contributed by atoms with Gasteiger partial charge in [0, 0.05) is 24.4 Å². The lowest BCUT2D eigenvalue weighted by Crippen LogP contribution is -2.42. The molecule has 1 atom stereocenters. The summed E-state index contributed by atoms with van der Waals surface area (Å²) in [4.78, 5) is 7.79. The maximum absolute atomic E-state index is 14.2. The van der Waals surface area contributed by atoms with Gasteiger partial charge in [0.2, 0.25) is 0 Å². The summed E-state index contributed by atoms with van der Waals surface area (Å²) < 4.78 is 52.1. The second-order valence-corrected chi connectivity index (χ2v) is 8.20. The molecule has 1 fully saturated rings. The molecule has 0 radical (unpaired) electrons. The molecule has 6 nitrogen and oxygen atoms in total. The second kappa shape index (κ2) is 7.88. The van der Waals surface area contributed by atoms with Crippen LogP contribution in [0.2, 0.25) is 0 Å². The Kier molecular flexibility index (Phi) is 5.41. The van der Waals surface area contributed by atoms with Crippen LogP contribution in [0, 0.1) is 5.82 Å². The van der Waals surface area contributed by atoms with E-state index in [-0.39, 0.29) is 15.7 Å². The number of aliphatic hydroxyl groups is 1. The first-order valence-corrected chi connectivity index (χ1v) is 10.00. The summed E-state index contributed by atoms with van der Waals surface area (Å²) in [7, 11) is 0. The number of thiazole rings is 1. The van der Waals surface area contributed by atoms with E-state index in [9.17, 15) is 22.7 Å². The highest BCUT2D eigenvalue weighted by molar-refractivity contribution is 7.15. The molecule has 0 spiro atoms. The van der Waals surface area contributed by atoms with Crippen LogP contribution in [-0.2, 0) is 5.41 Å². The van der Waals surface area contributed by atoms with Crippen LogP contribution >= 0.6 is 11.3 Å². The predicted molar refractivity (Wildman–Crippen MR) is 102 cm³/mol. The number of nitrogens with one attached hydrogen (secondary N) is 1. The molecule has 1 saturated carbocycles. The first kappa shape index (κ1) is 20.6. The number of alkyl halides is 3. The Balaban J connectivity index is 1.45. The van der Waals surface area contributed by atoms with E-state index in [0.29, 0.717) is 35.1 Å². The van der Waals surface area contributed by atoms with Crippen LogP contribution in [0.25, 0.3) is 10.7 Å². The minimum absolute atomic E-state index is 0.221. The number of anilines is 1. The Morgan fingerprint density at radius 2 is 1.97 bits per heavy atom. The fourth-order valence-corrected chi connectivity index (χ4v) is 4.26. The molecule has 0 amide bonds. The highest BCUT2D eigenvalue weighted by atomic mass is 32.1. The zero-order valence-electron chi connectivity index (χ0n) is 15.5. The van der Waals surface area contributed by atoms with Crippen molar-refractivity contribution in [2.24, 2.45) is 0 Å². The van der Waals surface area contributed by atoms with Crippen LogP contribution in [0.1, 0.15) is 35.9 Å². The van der Waals surface area contributed by atoms with Gasteiger partial charge in [0.25, 0.3) is 0 Å². The van der Waals surface area contributed by atoms with Gasteiger partial charge in [-0.25, -0.2) is 9.37 Å². The first-order chi connectivity index (χ1) is 14.3. The number of halogens is 4. The maximum Gasteiger partial charge on any atom is 0.419 e. The minimum Gasteiger partial charge on any atom is -0.379 e. The standard InChI is InChI=1S/C19H17F4N5OS/c20-11-3-1-8-24-15(11)18(6-2-7-18)10-26-14-5-4-12(27-28-14)17-25-9-13(30-17)16(29)19(21,22)23/h1,3-5,8-9,16,29H,2,6-7,10H2,(H,26,28). The van der Waals surface area contributed by atoms with E-state index in [1.165, 1.54) is 6.07 Å². The van der Waals surface area contributed by atoms with E-state index in [1.807, 2.05) is 0 Å². The number of aromatic nitrogens is 4. The first-order valence-electron chi connectivity index (χ1n) is 9.18. The third-order valence-electron chi connectivity index (χ3n) is 5.17. The Morgan fingerprint density at radius 1 is 1.17 bits per heavy atom. The van der Waals surface area contributed by atoms with Crippen molar-refractivity contribution >= 4 is 17.2 Å². The van der Waals surface area contributed by atoms with Crippen molar-refractivity contribution in [3.63, 3.8) is 0 Å². The molecule has 3 heterocycles. The molecule has 4 rings (SSSR count). The van der Waals surface area contributed by atoms with Crippen molar-refractivity contribution in [1.29, 1.82) is 0 Å². The lowest BCUT2D eigenvalue weighted by atomic mass is 9.66. The van der Waals surface area contributed by atoms with Gasteiger partial charge in [0.1, 0.15) is 22.3 Å². The number of aliphatic hydroxyl groups excluding tert-OH is 1. The molecule has 0 bridgehead atoms. The van der Waals surface area contributed by atoms with E-state index in [2.05, 4.69) is 25.5 Å². The molecular formula is C19H17F4N5OS. The molecule has 3 aromatic heterocycles. The van der Waals surface area contributed by atoms with Crippen molar-refractivity contribution in [2.45, 2.75) is 37.0 Å². The van der Waals surface area contributed by atoms with E-state index < -0.39 is 17.7 Å². The Labute approximate surface area is 173 Å². The molecule has 2 N–H and O–H groups in total. The van der Waals surface area contributed by atoms with Gasteiger partial charge in [-0.1, -0.05) is 6.42 Å². The zero-order chi connectivity index (χ0) is 21.4. The number of hydrogen-bond acceptors (Lipinski definition) is 7. The summed E-state index contributed by atoms with van der Waals surface area (Å²) in [6.07, 6.45) is -2.18. The third-order valence-corrected chi connectivity index (χ3v) is 6.24. The van der Waals surface area contributed by atoms with E-state index >= 15 is 0 Å². The lowest BCUT2D eigenvalue weighted by Gasteiger charge is -2.41. The van der Waals surface area contributed by atoms with E-state index in [4.69, 9.17) is 0 Å². The third kappa shape index (κ3) is 3.99. The van der Waals surface area contributed by atoms with Crippen LogP contribution in [0.15, 0.2) is 36.7 Å². The fraction of sp³-hybridized carbons (Fsp3) is 0.368. The van der Waals surface area contributed by atoms with Gasteiger partial charge in [-0.2, -0.15) is 13.2 Å². The summed E-state index contributed by atoms with van der Waals surface area (Å²) in [5.74, 6) is 0.120. The quantitative estimate of drug-likeness (QED) is 0.559. The lowest BCUT2D eigenvalue weighted by molar-refractivity contribution is -0.205. The highest BCUT2D eigenvalue weighted by Crippen LogP contribution is 2.43. The second-order valence-electron chi connectivity index (χ2n) is 7.14. The van der Waals surface area contributed by atoms with Gasteiger partial charge in [0.05, 0.1) is 10.6 Å². The summed E-state index contributed by atoms with van der Waals surface area (Å²) in [6.45, 7) is 0.439. The number of pyridine rings is 1. The molecule has 11 heteroatoms. The highest BCUT2D eigenvalue weighted by Gasteiger charge is 2.42. The molecular weight excluding hydrogens is 422 g/mol. The van der Waals surface area contributed by atoms with Crippen LogP contribution < -0.4 is 5.32 Å². The topological polar surface area (TPSA) is 83.8 Å². The van der Waals surface area contributed by atoms with Crippen molar-refractivity contribution in [3.05, 3.63) is 53.0 Å². The van der Waals surface area contributed by atoms with Gasteiger partial charge in [-0.3, -0.25) is 4.98 Å². The number of rotatable bonds is 6. The Hall–Kier alpha value is -2.66. The largest absolute Gasteiger partial charge is 0.419 e. The molecule has 1 aliphatic carbocycles. The monoisotopic (exact) mass is 439 g/mol. The number of hydrogen-bond donors (Lipinski definition) is 2. The van der Waals surface area contributed by atoms with Crippen LogP contribution in [0.5, 0.6) is 0 Å². The van der Waals surface area contributed by atoms with Crippen molar-refractivity contribution in [1.82, 2.24) is 20.2 Å². The summed E-state index contributed by atoms with van der Waals surface area (Å²) in [5.41, 5.74) is 0.330. The van der Waals surface area contributed by atoms with Crippen molar-refractivity contribution < 1.29 is 22.7 Å². The van der Waals surface area contributed by atoms with Gasteiger partial charge < -0.3 is 10.4 Å². The van der Waals surface area contributed by atoms with Crippen molar-refractivity contribution in [2.75, 3.05) is 11.9 Å². The van der Waals surface area contributed by atoms with Crippen LogP contribution in [-0.4, -0.2) is 38.0 Å². The molecule has 1 unspecified atom stereocenters. The SMILES string of the molecule is OC(c1cnc(-c2ccc(NCC3(c4ncccc4F)CCC3)nn2)s1)C(F)(F)F. The van der Waals surface area contributed by atoms with Crippen molar-refractivity contribution in [3.8, 4) is 10.7 Å². The Morgan fingerprint density at radius 3 is 2.57 bits per heavy atom. The van der Waals surface area contributed by atoms with Gasteiger partial charge >= 0.3 is 6.18 Å². The molecule has 158 valence electrons. The smallest absolute Gasteiger partial charge is 0.379 e. The average molecular weight is 439 g/mol. The molecule has 0 saturated heterocycles. The average Bonchev–Trinajstić information content (AvgIpc) is 3.17. The molecule has 30 heavy (non-hydrogen) atoms. The minimum atomic E-state index is -4.76. The maximum atomic E-state index is 14.2. The summed E-state index contributed by atoms with van der Waals surface area (Å²) in [5, 5.41) is 20.7. The van der Waals surface area contributed by atoms with Gasteiger partial charge in [0.15, 0.2) is 6.10 Å². The van der Waals surface area contributed by atoms with Crippen LogP contribution in [0.4, 0.5) is 23.4 Å². The van der Waals surface area contributed by atoms with E-state index in [0.717, 1.165) is 25.5 Å². The Bertz CT molecular complexity index is 1020. The molecule has 3 aromatic rings. The summed E-state index contributed by atoms with van der Waals surface area (Å²) in [6, 6.07) is 6.16. The van der Waals surface area contributed by atoms with Crippen LogP contribution in [0.3, 0.4) is 0 Å². The predicted octanol–water partition coefficient (Wildman–Crippen LogP) is 4.26. The van der Waals surface area contributed by atoms with Gasteiger partial charge in [-0.05, 0) is 37.1 Å². The normalized spacial score (nSPS) is 16.7.